The summed E-state index contributed by atoms with van der Waals surface area (Å²) in [6.45, 7) is 5.64. The fraction of sp³-hybridized carbons (Fsp3) is 0.636. The van der Waals surface area contributed by atoms with E-state index in [9.17, 15) is 0 Å². The highest BCUT2D eigenvalue weighted by Gasteiger charge is 2.15. The second-order valence-corrected chi connectivity index (χ2v) is 3.96. The fourth-order valence-corrected chi connectivity index (χ4v) is 1.72. The first-order valence-electron chi connectivity index (χ1n) is 5.41. The van der Waals surface area contributed by atoms with Crippen molar-refractivity contribution in [2.24, 2.45) is 0 Å². The van der Waals surface area contributed by atoms with E-state index in [4.69, 9.17) is 4.74 Å². The summed E-state index contributed by atoms with van der Waals surface area (Å²) in [7, 11) is 0. The van der Waals surface area contributed by atoms with Gasteiger partial charge in [0.05, 0.1) is 17.5 Å². The van der Waals surface area contributed by atoms with Crippen molar-refractivity contribution in [1.82, 2.24) is 9.97 Å². The molecule has 1 fully saturated rings. The van der Waals surface area contributed by atoms with Crippen LogP contribution in [0.15, 0.2) is 6.20 Å². The van der Waals surface area contributed by atoms with Gasteiger partial charge in [-0.3, -0.25) is 4.98 Å². The van der Waals surface area contributed by atoms with Gasteiger partial charge in [-0.2, -0.15) is 0 Å². The van der Waals surface area contributed by atoms with Crippen LogP contribution in [-0.4, -0.2) is 29.2 Å². The first-order valence-corrected chi connectivity index (χ1v) is 5.41. The molecule has 1 atom stereocenters. The largest absolute Gasteiger partial charge is 0.376 e. The number of aromatic nitrogens is 2. The van der Waals surface area contributed by atoms with E-state index in [2.05, 4.69) is 15.3 Å². The molecule has 0 aliphatic carbocycles. The average Bonchev–Trinajstić information content (AvgIpc) is 2.72. The molecule has 2 heterocycles. The smallest absolute Gasteiger partial charge is 0.147 e. The normalized spacial score (nSPS) is 20.5. The summed E-state index contributed by atoms with van der Waals surface area (Å²) in [6.07, 6.45) is 4.44. The summed E-state index contributed by atoms with van der Waals surface area (Å²) in [4.78, 5) is 8.66. The first kappa shape index (κ1) is 10.4. The summed E-state index contributed by atoms with van der Waals surface area (Å²) >= 11 is 0. The third-order valence-corrected chi connectivity index (χ3v) is 2.60. The lowest BCUT2D eigenvalue weighted by Gasteiger charge is -2.12. The highest BCUT2D eigenvalue weighted by molar-refractivity contribution is 5.39. The lowest BCUT2D eigenvalue weighted by molar-refractivity contribution is 0.120. The minimum Gasteiger partial charge on any atom is -0.376 e. The van der Waals surface area contributed by atoms with Crippen LogP contribution in [0.25, 0.3) is 0 Å². The number of hydrogen-bond donors (Lipinski definition) is 1. The van der Waals surface area contributed by atoms with E-state index >= 15 is 0 Å². The van der Waals surface area contributed by atoms with Crippen molar-refractivity contribution >= 4 is 5.82 Å². The molecule has 0 amide bonds. The molecule has 4 nitrogen and oxygen atoms in total. The number of nitrogens with zero attached hydrogens (tertiary/aromatic N) is 2. The zero-order valence-corrected chi connectivity index (χ0v) is 9.29. The molecule has 0 aromatic carbocycles. The van der Waals surface area contributed by atoms with E-state index in [0.717, 1.165) is 36.8 Å². The topological polar surface area (TPSA) is 47.0 Å². The Labute approximate surface area is 90.1 Å². The molecule has 0 radical (unpaired) electrons. The van der Waals surface area contributed by atoms with Gasteiger partial charge >= 0.3 is 0 Å². The predicted molar refractivity (Wildman–Crippen MR) is 59.0 cm³/mol. The molecule has 1 aromatic rings. The Morgan fingerprint density at radius 1 is 1.53 bits per heavy atom. The van der Waals surface area contributed by atoms with Gasteiger partial charge in [0.2, 0.25) is 0 Å². The monoisotopic (exact) mass is 207 g/mol. The van der Waals surface area contributed by atoms with Gasteiger partial charge in [-0.25, -0.2) is 4.98 Å². The van der Waals surface area contributed by atoms with Gasteiger partial charge in [0.15, 0.2) is 0 Å². The number of anilines is 1. The van der Waals surface area contributed by atoms with Crippen molar-refractivity contribution in [3.8, 4) is 0 Å². The Hall–Kier alpha value is -1.16. The summed E-state index contributed by atoms with van der Waals surface area (Å²) in [6, 6.07) is 0. The highest BCUT2D eigenvalue weighted by Crippen LogP contribution is 2.14. The van der Waals surface area contributed by atoms with Crippen molar-refractivity contribution in [2.45, 2.75) is 32.8 Å². The van der Waals surface area contributed by atoms with E-state index in [1.54, 1.807) is 6.20 Å². The second-order valence-electron chi connectivity index (χ2n) is 3.96. The van der Waals surface area contributed by atoms with Crippen molar-refractivity contribution in [1.29, 1.82) is 0 Å². The van der Waals surface area contributed by atoms with Crippen molar-refractivity contribution in [2.75, 3.05) is 18.5 Å². The fourth-order valence-electron chi connectivity index (χ4n) is 1.72. The molecule has 1 unspecified atom stereocenters. The molecule has 0 bridgehead atoms. The molecule has 1 N–H and O–H groups in total. The van der Waals surface area contributed by atoms with Gasteiger partial charge in [0, 0.05) is 19.3 Å². The van der Waals surface area contributed by atoms with Gasteiger partial charge in [0.1, 0.15) is 5.82 Å². The Bertz CT molecular complexity index is 335. The van der Waals surface area contributed by atoms with Crippen LogP contribution < -0.4 is 5.32 Å². The zero-order chi connectivity index (χ0) is 10.7. The van der Waals surface area contributed by atoms with E-state index in [-0.39, 0.29) is 0 Å². The first-order chi connectivity index (χ1) is 7.25. The SMILES string of the molecule is Cc1cnc(C)c(NCC2CCCO2)n1. The molecule has 1 aromatic heterocycles. The molecule has 1 aliphatic rings. The molecule has 1 saturated heterocycles. The maximum atomic E-state index is 5.53. The summed E-state index contributed by atoms with van der Waals surface area (Å²) in [5.74, 6) is 0.880. The lowest BCUT2D eigenvalue weighted by Crippen LogP contribution is -2.19. The summed E-state index contributed by atoms with van der Waals surface area (Å²) < 4.78 is 5.53. The molecule has 15 heavy (non-hydrogen) atoms. The van der Waals surface area contributed by atoms with E-state index < -0.39 is 0 Å². The van der Waals surface area contributed by atoms with Crippen LogP contribution in [0.2, 0.25) is 0 Å². The minimum absolute atomic E-state index is 0.340. The number of ether oxygens (including phenoxy) is 1. The van der Waals surface area contributed by atoms with E-state index in [1.165, 1.54) is 6.42 Å². The molecular weight excluding hydrogens is 190 g/mol. The van der Waals surface area contributed by atoms with Crippen LogP contribution in [-0.2, 0) is 4.74 Å². The maximum absolute atomic E-state index is 5.53. The Balaban J connectivity index is 1.94. The lowest BCUT2D eigenvalue weighted by atomic mass is 10.2. The zero-order valence-electron chi connectivity index (χ0n) is 9.29. The van der Waals surface area contributed by atoms with Crippen molar-refractivity contribution in [3.63, 3.8) is 0 Å². The number of hydrogen-bond acceptors (Lipinski definition) is 4. The van der Waals surface area contributed by atoms with Crippen molar-refractivity contribution < 1.29 is 4.74 Å². The maximum Gasteiger partial charge on any atom is 0.147 e. The number of rotatable bonds is 3. The number of nitrogens with one attached hydrogen (secondary N) is 1. The third-order valence-electron chi connectivity index (χ3n) is 2.60. The van der Waals surface area contributed by atoms with Gasteiger partial charge in [-0.15, -0.1) is 0 Å². The molecule has 4 heteroatoms. The quantitative estimate of drug-likeness (QED) is 0.819. The van der Waals surface area contributed by atoms with Crippen LogP contribution in [0.3, 0.4) is 0 Å². The molecule has 82 valence electrons. The Kier molecular flexibility index (Phi) is 3.16. The van der Waals surface area contributed by atoms with Crippen molar-refractivity contribution in [3.05, 3.63) is 17.6 Å². The Morgan fingerprint density at radius 3 is 3.13 bits per heavy atom. The van der Waals surface area contributed by atoms with Gasteiger partial charge in [-0.05, 0) is 26.7 Å². The number of aryl methyl sites for hydroxylation is 2. The van der Waals surface area contributed by atoms with Crippen LogP contribution in [0.4, 0.5) is 5.82 Å². The molecule has 0 spiro atoms. The van der Waals surface area contributed by atoms with E-state index in [0.29, 0.717) is 6.10 Å². The van der Waals surface area contributed by atoms with Gasteiger partial charge in [0.25, 0.3) is 0 Å². The van der Waals surface area contributed by atoms with Crippen LogP contribution in [0.5, 0.6) is 0 Å². The van der Waals surface area contributed by atoms with Crippen LogP contribution >= 0.6 is 0 Å². The Morgan fingerprint density at radius 2 is 2.40 bits per heavy atom. The third kappa shape index (κ3) is 2.65. The molecular formula is C11H17N3O. The average molecular weight is 207 g/mol. The minimum atomic E-state index is 0.340. The molecule has 2 rings (SSSR count). The molecule has 1 aliphatic heterocycles. The van der Waals surface area contributed by atoms with Crippen LogP contribution in [0, 0.1) is 13.8 Å². The summed E-state index contributed by atoms with van der Waals surface area (Å²) in [5, 5.41) is 3.30. The highest BCUT2D eigenvalue weighted by atomic mass is 16.5. The van der Waals surface area contributed by atoms with Gasteiger partial charge in [-0.1, -0.05) is 0 Å². The van der Waals surface area contributed by atoms with Crippen LogP contribution in [0.1, 0.15) is 24.2 Å². The standard InChI is InChI=1S/C11H17N3O/c1-8-6-12-9(2)11(14-8)13-7-10-4-3-5-15-10/h6,10H,3-5,7H2,1-2H3,(H,13,14). The predicted octanol–water partition coefficient (Wildman–Crippen LogP) is 1.68. The summed E-state index contributed by atoms with van der Waals surface area (Å²) in [5.41, 5.74) is 1.88. The van der Waals surface area contributed by atoms with Gasteiger partial charge < -0.3 is 10.1 Å². The van der Waals surface area contributed by atoms with E-state index in [1.807, 2.05) is 13.8 Å². The second kappa shape index (κ2) is 4.57. The molecule has 0 saturated carbocycles.